The van der Waals surface area contributed by atoms with Gasteiger partial charge in [-0.25, -0.2) is 12.8 Å². The predicted octanol–water partition coefficient (Wildman–Crippen LogP) is 3.60. The molecule has 0 unspecified atom stereocenters. The molecule has 9 heteroatoms. The molecule has 0 fully saturated rings. The lowest BCUT2D eigenvalue weighted by molar-refractivity contribution is 0.0951. The Hall–Kier alpha value is -2.97. The van der Waals surface area contributed by atoms with Crippen molar-refractivity contribution in [3.05, 3.63) is 89.0 Å². The van der Waals surface area contributed by atoms with Gasteiger partial charge in [0.05, 0.1) is 15.6 Å². The van der Waals surface area contributed by atoms with Gasteiger partial charge in [-0.2, -0.15) is 0 Å². The minimum atomic E-state index is -3.99. The summed E-state index contributed by atoms with van der Waals surface area (Å²) in [5, 5.41) is 2.84. The predicted molar refractivity (Wildman–Crippen MR) is 104 cm³/mol. The number of nitrogens with zero attached hydrogens (tertiary/aromatic N) is 1. The molecule has 0 saturated carbocycles. The van der Waals surface area contributed by atoms with Crippen LogP contribution in [0.3, 0.4) is 0 Å². The summed E-state index contributed by atoms with van der Waals surface area (Å²) >= 11 is 6.07. The largest absolute Gasteiger partial charge is 0.348 e. The van der Waals surface area contributed by atoms with Gasteiger partial charge >= 0.3 is 0 Å². The zero-order valence-corrected chi connectivity index (χ0v) is 16.0. The van der Waals surface area contributed by atoms with Crippen molar-refractivity contribution in [3.8, 4) is 0 Å². The standard InChI is InChI=1S/C19H15ClFN3O3S/c20-17-8-3-14(19(25)23-12-13-2-1-9-22-11-13)10-18(17)24-28(26,27)16-6-4-15(21)5-7-16/h1-11,24H,12H2,(H,23,25). The molecule has 28 heavy (non-hydrogen) atoms. The van der Waals surface area contributed by atoms with Crippen LogP contribution in [0, 0.1) is 5.82 Å². The molecule has 2 aromatic carbocycles. The van der Waals surface area contributed by atoms with Gasteiger partial charge < -0.3 is 5.32 Å². The molecule has 2 N–H and O–H groups in total. The number of hydrogen-bond acceptors (Lipinski definition) is 4. The van der Waals surface area contributed by atoms with Crippen LogP contribution in [-0.2, 0) is 16.6 Å². The van der Waals surface area contributed by atoms with E-state index in [1.54, 1.807) is 18.5 Å². The van der Waals surface area contributed by atoms with E-state index in [0.717, 1.165) is 29.8 Å². The summed E-state index contributed by atoms with van der Waals surface area (Å²) in [4.78, 5) is 16.2. The van der Waals surface area contributed by atoms with Gasteiger partial charge in [-0.1, -0.05) is 17.7 Å². The van der Waals surface area contributed by atoms with E-state index in [9.17, 15) is 17.6 Å². The molecular weight excluding hydrogens is 405 g/mol. The van der Waals surface area contributed by atoms with E-state index in [4.69, 9.17) is 11.6 Å². The lowest BCUT2D eigenvalue weighted by Gasteiger charge is -2.12. The van der Waals surface area contributed by atoms with Crippen molar-refractivity contribution in [2.75, 3.05) is 4.72 Å². The molecule has 0 atom stereocenters. The Bertz CT molecular complexity index is 1090. The molecule has 144 valence electrons. The maximum atomic E-state index is 13.0. The van der Waals surface area contributed by atoms with Crippen LogP contribution in [0.2, 0.25) is 5.02 Å². The zero-order valence-electron chi connectivity index (χ0n) is 14.4. The van der Waals surface area contributed by atoms with Crippen LogP contribution in [0.15, 0.2) is 71.9 Å². The third-order valence-corrected chi connectivity index (χ3v) is 5.48. The van der Waals surface area contributed by atoms with E-state index in [2.05, 4.69) is 15.0 Å². The molecule has 0 aliphatic heterocycles. The number of anilines is 1. The zero-order chi connectivity index (χ0) is 20.1. The normalized spacial score (nSPS) is 11.1. The summed E-state index contributed by atoms with van der Waals surface area (Å²) in [7, 11) is -3.99. The molecule has 3 aromatic rings. The average molecular weight is 420 g/mol. The van der Waals surface area contributed by atoms with Gasteiger partial charge in [-0.05, 0) is 54.1 Å². The molecule has 0 radical (unpaired) electrons. The van der Waals surface area contributed by atoms with Gasteiger partial charge in [0.15, 0.2) is 0 Å². The van der Waals surface area contributed by atoms with Crippen molar-refractivity contribution in [2.24, 2.45) is 0 Å². The molecule has 1 aromatic heterocycles. The smallest absolute Gasteiger partial charge is 0.261 e. The van der Waals surface area contributed by atoms with Crippen molar-refractivity contribution in [1.29, 1.82) is 0 Å². The fraction of sp³-hybridized carbons (Fsp3) is 0.0526. The van der Waals surface area contributed by atoms with E-state index >= 15 is 0 Å². The van der Waals surface area contributed by atoms with E-state index < -0.39 is 21.7 Å². The molecule has 0 spiro atoms. The monoisotopic (exact) mass is 419 g/mol. The van der Waals surface area contributed by atoms with Crippen LogP contribution in [0.25, 0.3) is 0 Å². The molecule has 0 aliphatic rings. The fourth-order valence-electron chi connectivity index (χ4n) is 2.35. The highest BCUT2D eigenvalue weighted by atomic mass is 35.5. The Balaban J connectivity index is 1.77. The van der Waals surface area contributed by atoms with Gasteiger partial charge in [0, 0.05) is 24.5 Å². The number of hydrogen-bond donors (Lipinski definition) is 2. The van der Waals surface area contributed by atoms with Crippen LogP contribution in [0.4, 0.5) is 10.1 Å². The number of halogens is 2. The first kappa shape index (κ1) is 19.8. The van der Waals surface area contributed by atoms with Crippen molar-refractivity contribution >= 4 is 33.2 Å². The summed E-state index contributed by atoms with van der Waals surface area (Å²) in [6.07, 6.45) is 3.26. The number of benzene rings is 2. The van der Waals surface area contributed by atoms with Crippen molar-refractivity contribution in [3.63, 3.8) is 0 Å². The van der Waals surface area contributed by atoms with Crippen molar-refractivity contribution < 1.29 is 17.6 Å². The van der Waals surface area contributed by atoms with E-state index in [0.29, 0.717) is 0 Å². The maximum absolute atomic E-state index is 13.0. The third-order valence-electron chi connectivity index (χ3n) is 3.77. The SMILES string of the molecule is O=C(NCc1cccnc1)c1ccc(Cl)c(NS(=O)(=O)c2ccc(F)cc2)c1. The molecule has 3 rings (SSSR count). The number of sulfonamides is 1. The number of amides is 1. The summed E-state index contributed by atoms with van der Waals surface area (Å²) in [5.74, 6) is -0.952. The molecule has 0 aliphatic carbocycles. The molecule has 6 nitrogen and oxygen atoms in total. The first-order valence-electron chi connectivity index (χ1n) is 8.10. The van der Waals surface area contributed by atoms with Gasteiger partial charge in [-0.3, -0.25) is 14.5 Å². The van der Waals surface area contributed by atoms with E-state index in [-0.39, 0.29) is 27.7 Å². The molecule has 1 heterocycles. The number of carbonyl (C=O) groups excluding carboxylic acids is 1. The number of aromatic nitrogens is 1. The van der Waals surface area contributed by atoms with Crippen molar-refractivity contribution in [1.82, 2.24) is 10.3 Å². The Labute approximate surface area is 166 Å². The molecule has 0 bridgehead atoms. The van der Waals surface area contributed by atoms with Crippen LogP contribution < -0.4 is 10.0 Å². The number of pyridine rings is 1. The Kier molecular flexibility index (Phi) is 5.91. The quantitative estimate of drug-likeness (QED) is 0.639. The number of nitrogens with one attached hydrogen (secondary N) is 2. The first-order chi connectivity index (χ1) is 13.3. The summed E-state index contributed by atoms with van der Waals surface area (Å²) in [5.41, 5.74) is 1.09. The van der Waals surface area contributed by atoms with Crippen molar-refractivity contribution in [2.45, 2.75) is 11.4 Å². The second-order valence-corrected chi connectivity index (χ2v) is 7.89. The summed E-state index contributed by atoms with van der Waals surface area (Å²) < 4.78 is 40.3. The van der Waals surface area contributed by atoms with Gasteiger partial charge in [0.1, 0.15) is 5.82 Å². The Morgan fingerprint density at radius 3 is 2.54 bits per heavy atom. The van der Waals surface area contributed by atoms with Gasteiger partial charge in [-0.15, -0.1) is 0 Å². The van der Waals surface area contributed by atoms with Gasteiger partial charge in [0.25, 0.3) is 15.9 Å². The lowest BCUT2D eigenvalue weighted by atomic mass is 10.2. The lowest BCUT2D eigenvalue weighted by Crippen LogP contribution is -2.23. The van der Waals surface area contributed by atoms with Crippen LogP contribution in [0.1, 0.15) is 15.9 Å². The van der Waals surface area contributed by atoms with E-state index in [1.165, 1.54) is 18.2 Å². The fourth-order valence-corrected chi connectivity index (χ4v) is 3.64. The second kappa shape index (κ2) is 8.37. The topological polar surface area (TPSA) is 88.2 Å². The molecule has 0 saturated heterocycles. The summed E-state index contributed by atoms with van der Waals surface area (Å²) in [6, 6.07) is 12.2. The second-order valence-electron chi connectivity index (χ2n) is 5.80. The Morgan fingerprint density at radius 1 is 1.11 bits per heavy atom. The highest BCUT2D eigenvalue weighted by Crippen LogP contribution is 2.26. The molecule has 1 amide bonds. The molecular formula is C19H15ClFN3O3S. The van der Waals surface area contributed by atoms with Crippen LogP contribution in [-0.4, -0.2) is 19.3 Å². The van der Waals surface area contributed by atoms with E-state index in [1.807, 2.05) is 6.07 Å². The Morgan fingerprint density at radius 2 is 1.86 bits per heavy atom. The minimum Gasteiger partial charge on any atom is -0.348 e. The highest BCUT2D eigenvalue weighted by molar-refractivity contribution is 7.92. The first-order valence-corrected chi connectivity index (χ1v) is 9.96. The van der Waals surface area contributed by atoms with Gasteiger partial charge in [0.2, 0.25) is 0 Å². The number of rotatable bonds is 6. The number of carbonyl (C=O) groups is 1. The summed E-state index contributed by atoms with van der Waals surface area (Å²) in [6.45, 7) is 0.270. The minimum absolute atomic E-state index is 0.0417. The maximum Gasteiger partial charge on any atom is 0.261 e. The third kappa shape index (κ3) is 4.85. The van der Waals surface area contributed by atoms with Crippen LogP contribution in [0.5, 0.6) is 0 Å². The van der Waals surface area contributed by atoms with Crippen LogP contribution >= 0.6 is 11.6 Å². The highest BCUT2D eigenvalue weighted by Gasteiger charge is 2.17. The average Bonchev–Trinajstić information content (AvgIpc) is 2.69.